The summed E-state index contributed by atoms with van der Waals surface area (Å²) in [6, 6.07) is 13.7. The molecule has 6 heteroatoms. The molecule has 1 aromatic heterocycles. The highest BCUT2D eigenvalue weighted by Gasteiger charge is 2.17. The van der Waals surface area contributed by atoms with E-state index in [1.807, 2.05) is 30.9 Å². The molecule has 28 heavy (non-hydrogen) atoms. The number of benzene rings is 1. The monoisotopic (exact) mass is 382 g/mol. The van der Waals surface area contributed by atoms with Crippen LogP contribution in [0.15, 0.2) is 42.5 Å². The van der Waals surface area contributed by atoms with E-state index < -0.39 is 0 Å². The second-order valence-corrected chi connectivity index (χ2v) is 7.19. The summed E-state index contributed by atoms with van der Waals surface area (Å²) in [5.74, 6) is 0.358. The Labute approximate surface area is 167 Å². The van der Waals surface area contributed by atoms with E-state index >= 15 is 0 Å². The Kier molecular flexibility index (Phi) is 8.14. The number of hydrogen-bond donors (Lipinski definition) is 1. The van der Waals surface area contributed by atoms with Gasteiger partial charge in [-0.3, -0.25) is 14.5 Å². The number of amides is 2. The SMILES string of the molecule is CCCN(Cc1ccc(C)cc1)C(=O)CN(C)CC(=O)Nc1cccc(C)n1. The third-order valence-corrected chi connectivity index (χ3v) is 4.31. The molecule has 1 N–H and O–H groups in total. The normalized spacial score (nSPS) is 10.8. The summed E-state index contributed by atoms with van der Waals surface area (Å²) in [6.07, 6.45) is 0.890. The van der Waals surface area contributed by atoms with Crippen LogP contribution in [0.5, 0.6) is 0 Å². The van der Waals surface area contributed by atoms with Crippen LogP contribution in [0, 0.1) is 13.8 Å². The van der Waals surface area contributed by atoms with Crippen molar-refractivity contribution in [3.05, 3.63) is 59.3 Å². The topological polar surface area (TPSA) is 65.5 Å². The van der Waals surface area contributed by atoms with E-state index in [0.29, 0.717) is 18.9 Å². The first-order valence-corrected chi connectivity index (χ1v) is 9.62. The lowest BCUT2D eigenvalue weighted by molar-refractivity contribution is -0.133. The molecule has 2 aromatic rings. The molecule has 0 saturated heterocycles. The standard InChI is InChI=1S/C22H30N4O2/c1-5-13-26(14-19-11-9-17(2)10-12-19)22(28)16-25(4)15-21(27)24-20-8-6-7-18(3)23-20/h6-12H,5,13-16H2,1-4H3,(H,23,24,27). The lowest BCUT2D eigenvalue weighted by Gasteiger charge is -2.25. The number of aromatic nitrogens is 1. The number of pyridine rings is 1. The molecular weight excluding hydrogens is 352 g/mol. The Balaban J connectivity index is 1.88. The summed E-state index contributed by atoms with van der Waals surface area (Å²) in [5.41, 5.74) is 3.15. The van der Waals surface area contributed by atoms with Crippen LogP contribution < -0.4 is 5.32 Å². The number of carbonyl (C=O) groups is 2. The molecule has 2 amide bonds. The van der Waals surface area contributed by atoms with Crippen molar-refractivity contribution in [1.82, 2.24) is 14.8 Å². The molecule has 0 aliphatic rings. The fraction of sp³-hybridized carbons (Fsp3) is 0.409. The summed E-state index contributed by atoms with van der Waals surface area (Å²) < 4.78 is 0. The summed E-state index contributed by atoms with van der Waals surface area (Å²) in [6.45, 7) is 7.58. The highest BCUT2D eigenvalue weighted by Crippen LogP contribution is 2.09. The van der Waals surface area contributed by atoms with Gasteiger partial charge in [-0.15, -0.1) is 0 Å². The first-order chi connectivity index (χ1) is 13.4. The average molecular weight is 383 g/mol. The van der Waals surface area contributed by atoms with Gasteiger partial charge in [0.25, 0.3) is 0 Å². The molecule has 1 aromatic carbocycles. The van der Waals surface area contributed by atoms with Crippen LogP contribution in [0.25, 0.3) is 0 Å². The second kappa shape index (κ2) is 10.6. The van der Waals surface area contributed by atoms with Gasteiger partial charge in [0.2, 0.25) is 11.8 Å². The third-order valence-electron chi connectivity index (χ3n) is 4.31. The molecule has 150 valence electrons. The number of aryl methyl sites for hydroxylation is 2. The van der Waals surface area contributed by atoms with Crippen LogP contribution in [-0.2, 0) is 16.1 Å². The van der Waals surface area contributed by atoms with Crippen LogP contribution in [0.4, 0.5) is 5.82 Å². The predicted molar refractivity (Wildman–Crippen MR) is 112 cm³/mol. The number of nitrogens with zero attached hydrogens (tertiary/aromatic N) is 3. The van der Waals surface area contributed by atoms with Crippen LogP contribution in [-0.4, -0.2) is 53.3 Å². The number of anilines is 1. The van der Waals surface area contributed by atoms with Gasteiger partial charge in [0.15, 0.2) is 0 Å². The zero-order valence-corrected chi connectivity index (χ0v) is 17.2. The van der Waals surface area contributed by atoms with Crippen molar-refractivity contribution >= 4 is 17.6 Å². The molecule has 0 aliphatic carbocycles. The Morgan fingerprint density at radius 1 is 1.04 bits per heavy atom. The van der Waals surface area contributed by atoms with Crippen molar-refractivity contribution in [2.24, 2.45) is 0 Å². The zero-order chi connectivity index (χ0) is 20.5. The molecule has 0 saturated carbocycles. The lowest BCUT2D eigenvalue weighted by atomic mass is 10.1. The van der Waals surface area contributed by atoms with E-state index in [-0.39, 0.29) is 24.9 Å². The van der Waals surface area contributed by atoms with E-state index in [9.17, 15) is 9.59 Å². The van der Waals surface area contributed by atoms with Gasteiger partial charge in [-0.1, -0.05) is 42.8 Å². The number of rotatable bonds is 9. The van der Waals surface area contributed by atoms with Crippen molar-refractivity contribution < 1.29 is 9.59 Å². The van der Waals surface area contributed by atoms with Crippen LogP contribution >= 0.6 is 0 Å². The van der Waals surface area contributed by atoms with Crippen molar-refractivity contribution in [3.8, 4) is 0 Å². The molecule has 0 radical (unpaired) electrons. The molecule has 0 spiro atoms. The van der Waals surface area contributed by atoms with Crippen molar-refractivity contribution in [3.63, 3.8) is 0 Å². The zero-order valence-electron chi connectivity index (χ0n) is 17.2. The molecule has 0 aliphatic heterocycles. The van der Waals surface area contributed by atoms with Crippen LogP contribution in [0.1, 0.15) is 30.2 Å². The maximum absolute atomic E-state index is 12.7. The molecular formula is C22H30N4O2. The van der Waals surface area contributed by atoms with E-state index in [0.717, 1.165) is 17.7 Å². The second-order valence-electron chi connectivity index (χ2n) is 7.19. The molecule has 0 atom stereocenters. The van der Waals surface area contributed by atoms with Gasteiger partial charge in [0.1, 0.15) is 5.82 Å². The maximum Gasteiger partial charge on any atom is 0.239 e. The first-order valence-electron chi connectivity index (χ1n) is 9.62. The number of hydrogen-bond acceptors (Lipinski definition) is 4. The van der Waals surface area contributed by atoms with Crippen LogP contribution in [0.2, 0.25) is 0 Å². The first kappa shape index (κ1) is 21.6. The van der Waals surface area contributed by atoms with Crippen LogP contribution in [0.3, 0.4) is 0 Å². The highest BCUT2D eigenvalue weighted by molar-refractivity contribution is 5.91. The van der Waals surface area contributed by atoms with Gasteiger partial charge in [-0.25, -0.2) is 4.98 Å². The van der Waals surface area contributed by atoms with Gasteiger partial charge in [-0.05, 0) is 45.0 Å². The minimum atomic E-state index is -0.186. The molecule has 0 bridgehead atoms. The van der Waals surface area contributed by atoms with E-state index in [1.165, 1.54) is 5.56 Å². The maximum atomic E-state index is 12.7. The summed E-state index contributed by atoms with van der Waals surface area (Å²) >= 11 is 0. The minimum absolute atomic E-state index is 0.0198. The Morgan fingerprint density at radius 2 is 1.75 bits per heavy atom. The largest absolute Gasteiger partial charge is 0.337 e. The molecule has 0 fully saturated rings. The van der Waals surface area contributed by atoms with Gasteiger partial charge < -0.3 is 10.2 Å². The molecule has 0 unspecified atom stereocenters. The fourth-order valence-electron chi connectivity index (χ4n) is 2.90. The quantitative estimate of drug-likeness (QED) is 0.724. The Bertz CT molecular complexity index is 789. The van der Waals surface area contributed by atoms with Crippen molar-refractivity contribution in [2.75, 3.05) is 32.0 Å². The van der Waals surface area contributed by atoms with Gasteiger partial charge in [0.05, 0.1) is 13.1 Å². The smallest absolute Gasteiger partial charge is 0.239 e. The summed E-state index contributed by atoms with van der Waals surface area (Å²) in [4.78, 5) is 32.8. The minimum Gasteiger partial charge on any atom is -0.337 e. The average Bonchev–Trinajstić information content (AvgIpc) is 2.62. The van der Waals surface area contributed by atoms with Gasteiger partial charge >= 0.3 is 0 Å². The lowest BCUT2D eigenvalue weighted by Crippen LogP contribution is -2.41. The van der Waals surface area contributed by atoms with Gasteiger partial charge in [-0.2, -0.15) is 0 Å². The van der Waals surface area contributed by atoms with E-state index in [4.69, 9.17) is 0 Å². The van der Waals surface area contributed by atoms with Gasteiger partial charge in [0, 0.05) is 18.8 Å². The highest BCUT2D eigenvalue weighted by atomic mass is 16.2. The number of carbonyl (C=O) groups excluding carboxylic acids is 2. The molecule has 2 rings (SSSR count). The summed E-state index contributed by atoms with van der Waals surface area (Å²) in [7, 11) is 1.77. The predicted octanol–water partition coefficient (Wildman–Crippen LogP) is 3.01. The Morgan fingerprint density at radius 3 is 2.39 bits per heavy atom. The number of nitrogens with one attached hydrogen (secondary N) is 1. The fourth-order valence-corrected chi connectivity index (χ4v) is 2.90. The summed E-state index contributed by atoms with van der Waals surface area (Å²) in [5, 5.41) is 2.77. The number of likely N-dealkylation sites (N-methyl/N-ethyl adjacent to an activating group) is 1. The molecule has 1 heterocycles. The van der Waals surface area contributed by atoms with E-state index in [1.54, 1.807) is 18.0 Å². The van der Waals surface area contributed by atoms with E-state index in [2.05, 4.69) is 41.5 Å². The van der Waals surface area contributed by atoms with Crippen molar-refractivity contribution in [1.29, 1.82) is 0 Å². The Hall–Kier alpha value is -2.73. The molecule has 6 nitrogen and oxygen atoms in total. The van der Waals surface area contributed by atoms with Crippen molar-refractivity contribution in [2.45, 2.75) is 33.7 Å². The third kappa shape index (κ3) is 7.12.